The molecule has 3 nitrogen and oxygen atoms in total. The number of alkyl halides is 3. The van der Waals surface area contributed by atoms with Crippen LogP contribution in [0.3, 0.4) is 0 Å². The van der Waals surface area contributed by atoms with Crippen molar-refractivity contribution < 1.29 is 21.6 Å². The second-order valence-electron chi connectivity index (χ2n) is 4.31. The number of halogens is 3. The van der Waals surface area contributed by atoms with E-state index in [-0.39, 0.29) is 17.5 Å². The smallest absolute Gasteiger partial charge is 0.311 e. The Labute approximate surface area is 93.3 Å². The maximum absolute atomic E-state index is 12.0. The fourth-order valence-electron chi connectivity index (χ4n) is 1.87. The van der Waals surface area contributed by atoms with Gasteiger partial charge in [0.25, 0.3) is 0 Å². The van der Waals surface area contributed by atoms with Gasteiger partial charge in [0.05, 0.1) is 17.9 Å². The zero-order valence-electron chi connectivity index (χ0n) is 9.05. The molecule has 0 amide bonds. The van der Waals surface area contributed by atoms with Gasteiger partial charge in [-0.2, -0.15) is 13.2 Å². The molecule has 0 bridgehead atoms. The topological polar surface area (TPSA) is 46.2 Å². The van der Waals surface area contributed by atoms with Gasteiger partial charge in [0.2, 0.25) is 0 Å². The van der Waals surface area contributed by atoms with Crippen molar-refractivity contribution in [2.45, 2.75) is 44.4 Å². The quantitative estimate of drug-likeness (QED) is 0.835. The van der Waals surface area contributed by atoms with E-state index in [1.165, 1.54) is 6.92 Å². The molecule has 0 radical (unpaired) electrons. The van der Waals surface area contributed by atoms with Crippen molar-refractivity contribution in [1.29, 1.82) is 0 Å². The Kier molecular flexibility index (Phi) is 4.23. The third-order valence-electron chi connectivity index (χ3n) is 2.61. The highest BCUT2D eigenvalue weighted by atomic mass is 32.2. The van der Waals surface area contributed by atoms with Crippen LogP contribution < -0.4 is 5.32 Å². The summed E-state index contributed by atoms with van der Waals surface area (Å²) in [5, 5.41) is 2.83. The van der Waals surface area contributed by atoms with Crippen LogP contribution in [0.5, 0.6) is 0 Å². The molecule has 1 fully saturated rings. The van der Waals surface area contributed by atoms with Crippen molar-refractivity contribution in [2.75, 3.05) is 11.5 Å². The maximum Gasteiger partial charge on any atom is 0.390 e. The highest BCUT2D eigenvalue weighted by Gasteiger charge is 2.31. The number of rotatable bonds is 3. The van der Waals surface area contributed by atoms with Crippen molar-refractivity contribution in [3.8, 4) is 0 Å². The Balaban J connectivity index is 2.34. The van der Waals surface area contributed by atoms with Gasteiger partial charge in [-0.25, -0.2) is 8.42 Å². The largest absolute Gasteiger partial charge is 0.390 e. The Hall–Kier alpha value is -0.300. The Morgan fingerprint density at radius 1 is 1.31 bits per heavy atom. The highest BCUT2D eigenvalue weighted by molar-refractivity contribution is 7.91. The summed E-state index contributed by atoms with van der Waals surface area (Å²) < 4.78 is 58.3. The van der Waals surface area contributed by atoms with E-state index in [9.17, 15) is 21.6 Å². The average molecular weight is 259 g/mol. The summed E-state index contributed by atoms with van der Waals surface area (Å²) >= 11 is 0. The van der Waals surface area contributed by atoms with Gasteiger partial charge in [-0.05, 0) is 19.8 Å². The van der Waals surface area contributed by atoms with Crippen molar-refractivity contribution in [1.82, 2.24) is 5.32 Å². The molecular weight excluding hydrogens is 243 g/mol. The van der Waals surface area contributed by atoms with Crippen molar-refractivity contribution in [3.63, 3.8) is 0 Å². The number of hydrogen-bond donors (Lipinski definition) is 1. The van der Waals surface area contributed by atoms with Gasteiger partial charge in [-0.1, -0.05) is 0 Å². The van der Waals surface area contributed by atoms with Crippen LogP contribution >= 0.6 is 0 Å². The van der Waals surface area contributed by atoms with E-state index in [2.05, 4.69) is 5.32 Å². The van der Waals surface area contributed by atoms with Crippen LogP contribution in [0.1, 0.15) is 26.2 Å². The van der Waals surface area contributed by atoms with Crippen LogP contribution in [-0.2, 0) is 9.84 Å². The van der Waals surface area contributed by atoms with Crippen LogP contribution in [0.4, 0.5) is 13.2 Å². The van der Waals surface area contributed by atoms with E-state index in [1.54, 1.807) is 0 Å². The van der Waals surface area contributed by atoms with Gasteiger partial charge in [0, 0.05) is 12.1 Å². The maximum atomic E-state index is 12.0. The molecule has 0 aromatic carbocycles. The van der Waals surface area contributed by atoms with Gasteiger partial charge in [0.15, 0.2) is 0 Å². The first-order valence-corrected chi connectivity index (χ1v) is 7.03. The van der Waals surface area contributed by atoms with Crippen molar-refractivity contribution in [2.24, 2.45) is 0 Å². The minimum atomic E-state index is -4.17. The van der Waals surface area contributed by atoms with E-state index in [0.717, 1.165) is 0 Å². The molecule has 1 atom stereocenters. The third kappa shape index (κ3) is 5.16. The minimum absolute atomic E-state index is 0.0728. The van der Waals surface area contributed by atoms with E-state index in [1.807, 2.05) is 0 Å². The summed E-state index contributed by atoms with van der Waals surface area (Å²) in [7, 11) is -2.95. The van der Waals surface area contributed by atoms with Crippen LogP contribution in [0, 0.1) is 0 Å². The molecule has 0 aromatic rings. The molecule has 1 rings (SSSR count). The van der Waals surface area contributed by atoms with Gasteiger partial charge in [0.1, 0.15) is 9.84 Å². The summed E-state index contributed by atoms with van der Waals surface area (Å²) in [4.78, 5) is 0. The Morgan fingerprint density at radius 3 is 2.25 bits per heavy atom. The lowest BCUT2D eigenvalue weighted by Crippen LogP contribution is -2.43. The summed E-state index contributed by atoms with van der Waals surface area (Å²) in [6, 6.07) is -0.772. The highest BCUT2D eigenvalue weighted by Crippen LogP contribution is 2.22. The normalized spacial score (nSPS) is 24.2. The Morgan fingerprint density at radius 2 is 1.81 bits per heavy atom. The molecule has 1 heterocycles. The zero-order chi connectivity index (χ0) is 12.4. The first-order valence-electron chi connectivity index (χ1n) is 5.21. The molecule has 0 aliphatic carbocycles. The van der Waals surface area contributed by atoms with Gasteiger partial charge in [-0.15, -0.1) is 0 Å². The minimum Gasteiger partial charge on any atom is -0.311 e. The lowest BCUT2D eigenvalue weighted by Gasteiger charge is -2.27. The summed E-state index contributed by atoms with van der Waals surface area (Å²) in [5.74, 6) is 0.146. The molecule has 1 saturated heterocycles. The van der Waals surface area contributed by atoms with E-state index in [4.69, 9.17) is 0 Å². The van der Waals surface area contributed by atoms with E-state index < -0.39 is 28.5 Å². The average Bonchev–Trinajstić information content (AvgIpc) is 2.05. The van der Waals surface area contributed by atoms with Crippen LogP contribution in [0.15, 0.2) is 0 Å². The second-order valence-corrected chi connectivity index (χ2v) is 6.62. The standard InChI is InChI=1S/C9H16F3NO2S/c1-7(6-9(10,11)12)13-8-2-4-16(14,15)5-3-8/h7-8,13H,2-6H2,1H3. The zero-order valence-corrected chi connectivity index (χ0v) is 9.87. The van der Waals surface area contributed by atoms with Crippen molar-refractivity contribution in [3.05, 3.63) is 0 Å². The van der Waals surface area contributed by atoms with Crippen molar-refractivity contribution >= 4 is 9.84 Å². The Bertz CT molecular complexity index is 312. The van der Waals surface area contributed by atoms with E-state index in [0.29, 0.717) is 12.8 Å². The third-order valence-corrected chi connectivity index (χ3v) is 4.33. The molecule has 0 saturated carbocycles. The summed E-state index contributed by atoms with van der Waals surface area (Å²) in [6.45, 7) is 1.47. The summed E-state index contributed by atoms with van der Waals surface area (Å²) in [5.41, 5.74) is 0. The van der Waals surface area contributed by atoms with Crippen LogP contribution in [0.2, 0.25) is 0 Å². The number of sulfone groups is 1. The molecule has 1 N–H and O–H groups in total. The molecule has 1 aliphatic rings. The molecule has 16 heavy (non-hydrogen) atoms. The van der Waals surface area contributed by atoms with Crippen LogP contribution in [0.25, 0.3) is 0 Å². The van der Waals surface area contributed by atoms with Gasteiger partial charge < -0.3 is 5.32 Å². The second kappa shape index (κ2) is 4.91. The fraction of sp³-hybridized carbons (Fsp3) is 1.00. The van der Waals surface area contributed by atoms with Gasteiger partial charge in [-0.3, -0.25) is 0 Å². The first kappa shape index (κ1) is 13.8. The monoisotopic (exact) mass is 259 g/mol. The number of nitrogens with one attached hydrogen (secondary N) is 1. The van der Waals surface area contributed by atoms with Gasteiger partial charge >= 0.3 is 6.18 Å². The molecule has 96 valence electrons. The van der Waals surface area contributed by atoms with Crippen LogP contribution in [-0.4, -0.2) is 38.2 Å². The lowest BCUT2D eigenvalue weighted by molar-refractivity contribution is -0.139. The predicted molar refractivity (Wildman–Crippen MR) is 54.9 cm³/mol. The molecule has 1 unspecified atom stereocenters. The first-order chi connectivity index (χ1) is 7.18. The molecule has 0 aromatic heterocycles. The molecular formula is C9H16F3NO2S. The molecule has 1 aliphatic heterocycles. The number of hydrogen-bond acceptors (Lipinski definition) is 3. The molecule has 0 spiro atoms. The lowest BCUT2D eigenvalue weighted by atomic mass is 10.1. The fourth-order valence-corrected chi connectivity index (χ4v) is 3.36. The summed E-state index contributed by atoms with van der Waals surface area (Å²) in [6.07, 6.45) is -4.24. The predicted octanol–water partition coefficient (Wildman–Crippen LogP) is 1.49. The molecule has 7 heteroatoms. The van der Waals surface area contributed by atoms with E-state index >= 15 is 0 Å². The SMILES string of the molecule is CC(CC(F)(F)F)NC1CCS(=O)(=O)CC1.